The highest BCUT2D eigenvalue weighted by Gasteiger charge is 2.22. The van der Waals surface area contributed by atoms with Crippen molar-refractivity contribution in [2.75, 3.05) is 17.3 Å². The number of hydrogen-bond acceptors (Lipinski definition) is 2. The molecular formula is C13H18N2O. The van der Waals surface area contributed by atoms with E-state index in [0.29, 0.717) is 6.42 Å². The summed E-state index contributed by atoms with van der Waals surface area (Å²) in [6, 6.07) is 6.45. The Balaban J connectivity index is 2.46. The molecule has 1 amide bonds. The molecule has 3 heteroatoms. The van der Waals surface area contributed by atoms with Gasteiger partial charge in [-0.15, -0.1) is 0 Å². The predicted octanol–water partition coefficient (Wildman–Crippen LogP) is 2.42. The van der Waals surface area contributed by atoms with Crippen LogP contribution in [0.25, 0.3) is 0 Å². The van der Waals surface area contributed by atoms with Gasteiger partial charge < -0.3 is 10.2 Å². The van der Waals surface area contributed by atoms with E-state index in [2.05, 4.69) is 24.4 Å². The highest BCUT2D eigenvalue weighted by atomic mass is 16.2. The van der Waals surface area contributed by atoms with Crippen molar-refractivity contribution in [2.45, 2.75) is 32.7 Å². The minimum Gasteiger partial charge on any atom is -0.380 e. The summed E-state index contributed by atoms with van der Waals surface area (Å²) in [6.45, 7) is 4.18. The second-order valence-electron chi connectivity index (χ2n) is 4.41. The fraction of sp³-hybridized carbons (Fsp3) is 0.462. The van der Waals surface area contributed by atoms with Gasteiger partial charge in [0, 0.05) is 19.5 Å². The number of anilines is 2. The van der Waals surface area contributed by atoms with Crippen molar-refractivity contribution in [3.05, 3.63) is 23.8 Å². The van der Waals surface area contributed by atoms with Gasteiger partial charge in [0.2, 0.25) is 5.91 Å². The monoisotopic (exact) mass is 218 g/mol. The molecular weight excluding hydrogens is 200 g/mol. The Bertz CT molecular complexity index is 414. The maximum Gasteiger partial charge on any atom is 0.228 e. The number of nitrogens with zero attached hydrogens (tertiary/aromatic N) is 1. The topological polar surface area (TPSA) is 32.3 Å². The molecule has 0 aromatic heterocycles. The molecule has 0 radical (unpaired) electrons. The lowest BCUT2D eigenvalue weighted by atomic mass is 10.1. The highest BCUT2D eigenvalue weighted by Crippen LogP contribution is 2.30. The minimum absolute atomic E-state index is 0.169. The van der Waals surface area contributed by atoms with Crippen molar-refractivity contribution in [3.63, 3.8) is 0 Å². The van der Waals surface area contributed by atoms with Crippen LogP contribution in [0.3, 0.4) is 0 Å². The minimum atomic E-state index is 0.169. The lowest BCUT2D eigenvalue weighted by Crippen LogP contribution is -2.27. The lowest BCUT2D eigenvalue weighted by Gasteiger charge is -2.17. The second kappa shape index (κ2) is 4.16. The molecule has 1 aromatic rings. The van der Waals surface area contributed by atoms with Crippen molar-refractivity contribution >= 4 is 17.3 Å². The number of fused-ring (bicyclic) bond motifs is 1. The van der Waals surface area contributed by atoms with E-state index < -0.39 is 0 Å². The summed E-state index contributed by atoms with van der Waals surface area (Å²) >= 11 is 0. The summed E-state index contributed by atoms with van der Waals surface area (Å²) in [4.78, 5) is 13.6. The summed E-state index contributed by atoms with van der Waals surface area (Å²) in [7, 11) is 1.84. The van der Waals surface area contributed by atoms with E-state index in [1.165, 1.54) is 5.56 Å². The van der Waals surface area contributed by atoms with Crippen LogP contribution in [0.4, 0.5) is 11.4 Å². The first-order valence-corrected chi connectivity index (χ1v) is 5.78. The summed E-state index contributed by atoms with van der Waals surface area (Å²) in [5.41, 5.74) is 3.34. The molecule has 0 spiro atoms. The van der Waals surface area contributed by atoms with Gasteiger partial charge in [-0.1, -0.05) is 13.0 Å². The molecule has 1 unspecified atom stereocenters. The van der Waals surface area contributed by atoms with Gasteiger partial charge in [0.1, 0.15) is 0 Å². The van der Waals surface area contributed by atoms with E-state index in [1.807, 2.05) is 20.0 Å². The fourth-order valence-electron chi connectivity index (χ4n) is 2.06. The number of hydrogen-bond donors (Lipinski definition) is 1. The molecule has 0 aliphatic carbocycles. The van der Waals surface area contributed by atoms with E-state index in [9.17, 15) is 4.79 Å². The summed E-state index contributed by atoms with van der Waals surface area (Å²) in [5.74, 6) is 0.169. The fourth-order valence-corrected chi connectivity index (χ4v) is 2.06. The third kappa shape index (κ3) is 1.90. The SMILES string of the molecule is CCc1ccc2c(c1)NC(C)CC(=O)N2C. The van der Waals surface area contributed by atoms with Crippen LogP contribution in [-0.4, -0.2) is 19.0 Å². The third-order valence-corrected chi connectivity index (χ3v) is 3.09. The van der Waals surface area contributed by atoms with Crippen molar-refractivity contribution in [3.8, 4) is 0 Å². The third-order valence-electron chi connectivity index (χ3n) is 3.09. The largest absolute Gasteiger partial charge is 0.380 e. The smallest absolute Gasteiger partial charge is 0.228 e. The average molecular weight is 218 g/mol. The summed E-state index contributed by atoms with van der Waals surface area (Å²) in [5, 5.41) is 3.40. The van der Waals surface area contributed by atoms with E-state index in [-0.39, 0.29) is 11.9 Å². The normalized spacial score (nSPS) is 20.1. The number of rotatable bonds is 1. The highest BCUT2D eigenvalue weighted by molar-refractivity contribution is 5.98. The van der Waals surface area contributed by atoms with E-state index in [4.69, 9.17) is 0 Å². The molecule has 1 atom stereocenters. The van der Waals surface area contributed by atoms with Crippen LogP contribution in [0.15, 0.2) is 18.2 Å². The lowest BCUT2D eigenvalue weighted by molar-refractivity contribution is -0.118. The van der Waals surface area contributed by atoms with Gasteiger partial charge in [0.15, 0.2) is 0 Å². The Morgan fingerprint density at radius 3 is 2.94 bits per heavy atom. The molecule has 0 fully saturated rings. The Labute approximate surface area is 96.5 Å². The van der Waals surface area contributed by atoms with Crippen LogP contribution in [0, 0.1) is 0 Å². The zero-order chi connectivity index (χ0) is 11.7. The molecule has 0 saturated heterocycles. The standard InChI is InChI=1S/C13H18N2O/c1-4-10-5-6-12-11(8-10)14-9(2)7-13(16)15(12)3/h5-6,8-9,14H,4,7H2,1-3H3. The van der Waals surface area contributed by atoms with Crippen molar-refractivity contribution < 1.29 is 4.79 Å². The number of nitrogens with one attached hydrogen (secondary N) is 1. The van der Waals surface area contributed by atoms with Crippen LogP contribution >= 0.6 is 0 Å². The van der Waals surface area contributed by atoms with Crippen LogP contribution < -0.4 is 10.2 Å². The maximum absolute atomic E-state index is 11.8. The summed E-state index contributed by atoms with van der Waals surface area (Å²) < 4.78 is 0. The van der Waals surface area contributed by atoms with E-state index in [0.717, 1.165) is 17.8 Å². The molecule has 86 valence electrons. The van der Waals surface area contributed by atoms with Gasteiger partial charge in [-0.3, -0.25) is 4.79 Å². The molecule has 2 rings (SSSR count). The van der Waals surface area contributed by atoms with Crippen molar-refractivity contribution in [1.29, 1.82) is 0 Å². The zero-order valence-electron chi connectivity index (χ0n) is 10.1. The van der Waals surface area contributed by atoms with Crippen LogP contribution in [0.5, 0.6) is 0 Å². The van der Waals surface area contributed by atoms with Gasteiger partial charge in [-0.25, -0.2) is 0 Å². The molecule has 1 N–H and O–H groups in total. The van der Waals surface area contributed by atoms with Gasteiger partial charge in [0.25, 0.3) is 0 Å². The van der Waals surface area contributed by atoms with Crippen LogP contribution in [-0.2, 0) is 11.2 Å². The maximum atomic E-state index is 11.8. The Morgan fingerprint density at radius 2 is 2.25 bits per heavy atom. The number of carbonyl (C=O) groups is 1. The molecule has 0 saturated carbocycles. The molecule has 1 aromatic carbocycles. The quantitative estimate of drug-likeness (QED) is 0.785. The molecule has 1 aliphatic heterocycles. The Morgan fingerprint density at radius 1 is 1.50 bits per heavy atom. The number of benzene rings is 1. The van der Waals surface area contributed by atoms with Crippen LogP contribution in [0.1, 0.15) is 25.8 Å². The predicted molar refractivity (Wildman–Crippen MR) is 66.9 cm³/mol. The summed E-state index contributed by atoms with van der Waals surface area (Å²) in [6.07, 6.45) is 1.56. The average Bonchev–Trinajstić information content (AvgIpc) is 2.36. The Hall–Kier alpha value is -1.51. The van der Waals surface area contributed by atoms with Crippen LogP contribution in [0.2, 0.25) is 0 Å². The molecule has 16 heavy (non-hydrogen) atoms. The Kier molecular flexibility index (Phi) is 2.86. The van der Waals surface area contributed by atoms with Gasteiger partial charge in [-0.05, 0) is 31.0 Å². The van der Waals surface area contributed by atoms with Crippen molar-refractivity contribution in [1.82, 2.24) is 0 Å². The number of carbonyl (C=O) groups excluding carboxylic acids is 1. The zero-order valence-corrected chi connectivity index (χ0v) is 10.1. The molecule has 1 aliphatic rings. The van der Waals surface area contributed by atoms with Gasteiger partial charge in [-0.2, -0.15) is 0 Å². The number of aryl methyl sites for hydroxylation is 1. The molecule has 1 heterocycles. The first kappa shape index (κ1) is 11.0. The molecule has 3 nitrogen and oxygen atoms in total. The van der Waals surface area contributed by atoms with E-state index >= 15 is 0 Å². The first-order chi connectivity index (χ1) is 7.61. The molecule has 0 bridgehead atoms. The first-order valence-electron chi connectivity index (χ1n) is 5.78. The van der Waals surface area contributed by atoms with Gasteiger partial charge in [0.05, 0.1) is 11.4 Å². The van der Waals surface area contributed by atoms with Crippen molar-refractivity contribution in [2.24, 2.45) is 0 Å². The second-order valence-corrected chi connectivity index (χ2v) is 4.41. The van der Waals surface area contributed by atoms with E-state index in [1.54, 1.807) is 4.90 Å². The van der Waals surface area contributed by atoms with Gasteiger partial charge >= 0.3 is 0 Å². The number of amides is 1.